The maximum absolute atomic E-state index is 13.5. The SMILES string of the molecule is CN(Cc1ccc(Br)cc1)Cc1cc(F)cc(CN)c1. The third kappa shape index (κ3) is 4.40. The first-order valence-electron chi connectivity index (χ1n) is 6.48. The van der Waals surface area contributed by atoms with E-state index in [9.17, 15) is 4.39 Å². The van der Waals surface area contributed by atoms with Crippen LogP contribution in [0.15, 0.2) is 46.9 Å². The molecule has 20 heavy (non-hydrogen) atoms. The van der Waals surface area contributed by atoms with Gasteiger partial charge in [-0.05, 0) is 48.0 Å². The average Bonchev–Trinajstić information content (AvgIpc) is 2.40. The van der Waals surface area contributed by atoms with Crippen LogP contribution in [0.4, 0.5) is 4.39 Å². The molecule has 0 aliphatic heterocycles. The van der Waals surface area contributed by atoms with E-state index in [1.54, 1.807) is 6.07 Å². The molecule has 2 aromatic carbocycles. The topological polar surface area (TPSA) is 29.3 Å². The molecule has 2 nitrogen and oxygen atoms in total. The maximum Gasteiger partial charge on any atom is 0.123 e. The summed E-state index contributed by atoms with van der Waals surface area (Å²) in [5.41, 5.74) is 8.58. The second-order valence-electron chi connectivity index (χ2n) is 4.97. The van der Waals surface area contributed by atoms with Crippen LogP contribution in [0.1, 0.15) is 16.7 Å². The fourth-order valence-electron chi connectivity index (χ4n) is 2.20. The van der Waals surface area contributed by atoms with Gasteiger partial charge in [-0.3, -0.25) is 4.90 Å². The summed E-state index contributed by atoms with van der Waals surface area (Å²) in [5, 5.41) is 0. The molecule has 0 aromatic heterocycles. The minimum atomic E-state index is -0.222. The molecule has 0 fully saturated rings. The van der Waals surface area contributed by atoms with Gasteiger partial charge in [0.1, 0.15) is 5.82 Å². The summed E-state index contributed by atoms with van der Waals surface area (Å²) in [6.45, 7) is 1.88. The summed E-state index contributed by atoms with van der Waals surface area (Å²) in [7, 11) is 2.02. The highest BCUT2D eigenvalue weighted by atomic mass is 79.9. The van der Waals surface area contributed by atoms with Crippen molar-refractivity contribution in [1.82, 2.24) is 4.90 Å². The number of benzene rings is 2. The van der Waals surface area contributed by atoms with E-state index in [0.29, 0.717) is 13.1 Å². The van der Waals surface area contributed by atoms with E-state index in [2.05, 4.69) is 33.0 Å². The first kappa shape index (κ1) is 15.2. The monoisotopic (exact) mass is 336 g/mol. The van der Waals surface area contributed by atoms with Gasteiger partial charge in [0.2, 0.25) is 0 Å². The Morgan fingerprint density at radius 2 is 1.60 bits per heavy atom. The van der Waals surface area contributed by atoms with E-state index >= 15 is 0 Å². The van der Waals surface area contributed by atoms with Crippen LogP contribution in [0.5, 0.6) is 0 Å². The predicted molar refractivity (Wildman–Crippen MR) is 83.6 cm³/mol. The van der Waals surface area contributed by atoms with Gasteiger partial charge in [-0.25, -0.2) is 4.39 Å². The Bertz CT molecular complexity index is 569. The van der Waals surface area contributed by atoms with Crippen LogP contribution in [-0.4, -0.2) is 11.9 Å². The summed E-state index contributed by atoms with van der Waals surface area (Å²) in [6.07, 6.45) is 0. The second-order valence-corrected chi connectivity index (χ2v) is 5.89. The van der Waals surface area contributed by atoms with Gasteiger partial charge in [-0.2, -0.15) is 0 Å². The molecule has 0 saturated carbocycles. The van der Waals surface area contributed by atoms with E-state index in [1.165, 1.54) is 11.6 Å². The number of hydrogen-bond donors (Lipinski definition) is 1. The number of nitrogens with zero attached hydrogens (tertiary/aromatic N) is 1. The van der Waals surface area contributed by atoms with Gasteiger partial charge in [-0.1, -0.05) is 34.1 Å². The van der Waals surface area contributed by atoms with Crippen LogP contribution in [0.25, 0.3) is 0 Å². The van der Waals surface area contributed by atoms with Crippen molar-refractivity contribution in [3.8, 4) is 0 Å². The van der Waals surface area contributed by atoms with Gasteiger partial charge >= 0.3 is 0 Å². The van der Waals surface area contributed by atoms with Crippen LogP contribution < -0.4 is 5.73 Å². The van der Waals surface area contributed by atoms with Crippen LogP contribution in [0.3, 0.4) is 0 Å². The van der Waals surface area contributed by atoms with Crippen molar-refractivity contribution >= 4 is 15.9 Å². The first-order valence-corrected chi connectivity index (χ1v) is 7.27. The van der Waals surface area contributed by atoms with Crippen molar-refractivity contribution in [1.29, 1.82) is 0 Å². The second kappa shape index (κ2) is 6.97. The standard InChI is InChI=1S/C16H18BrFN2/c1-20(10-12-2-4-15(17)5-3-12)11-14-6-13(9-19)7-16(18)8-14/h2-8H,9-11,19H2,1H3. The van der Waals surface area contributed by atoms with Crippen molar-refractivity contribution in [2.24, 2.45) is 5.73 Å². The predicted octanol–water partition coefficient (Wildman–Crippen LogP) is 3.68. The van der Waals surface area contributed by atoms with Crippen molar-refractivity contribution < 1.29 is 4.39 Å². The molecule has 0 aliphatic carbocycles. The summed E-state index contributed by atoms with van der Waals surface area (Å²) < 4.78 is 14.5. The molecule has 2 rings (SSSR count). The molecule has 0 radical (unpaired) electrons. The van der Waals surface area contributed by atoms with Gasteiger partial charge < -0.3 is 5.73 Å². The third-order valence-corrected chi connectivity index (χ3v) is 3.60. The molecule has 106 valence electrons. The molecule has 2 N–H and O–H groups in total. The fraction of sp³-hybridized carbons (Fsp3) is 0.250. The van der Waals surface area contributed by atoms with E-state index in [4.69, 9.17) is 5.73 Å². The van der Waals surface area contributed by atoms with Gasteiger partial charge in [0.15, 0.2) is 0 Å². The molecule has 0 heterocycles. The molecule has 0 unspecified atom stereocenters. The Morgan fingerprint density at radius 3 is 2.25 bits per heavy atom. The highest BCUT2D eigenvalue weighted by Gasteiger charge is 2.05. The molecule has 0 atom stereocenters. The van der Waals surface area contributed by atoms with Crippen molar-refractivity contribution in [3.05, 3.63) is 69.4 Å². The van der Waals surface area contributed by atoms with Gasteiger partial charge in [0.05, 0.1) is 0 Å². The summed E-state index contributed by atoms with van der Waals surface area (Å²) in [6, 6.07) is 13.2. The van der Waals surface area contributed by atoms with E-state index in [0.717, 1.165) is 22.1 Å². The summed E-state index contributed by atoms with van der Waals surface area (Å²) >= 11 is 3.42. The lowest BCUT2D eigenvalue weighted by Crippen LogP contribution is -2.17. The Hall–Kier alpha value is -1.23. The number of hydrogen-bond acceptors (Lipinski definition) is 2. The first-order chi connectivity index (χ1) is 9.56. The van der Waals surface area contributed by atoms with Gasteiger partial charge in [0, 0.05) is 24.1 Å². The molecule has 0 saturated heterocycles. The maximum atomic E-state index is 13.5. The van der Waals surface area contributed by atoms with Crippen molar-refractivity contribution in [3.63, 3.8) is 0 Å². The smallest absolute Gasteiger partial charge is 0.123 e. The zero-order valence-electron chi connectivity index (χ0n) is 11.4. The molecular formula is C16H18BrFN2. The van der Waals surface area contributed by atoms with Gasteiger partial charge in [-0.15, -0.1) is 0 Å². The Morgan fingerprint density at radius 1 is 1.00 bits per heavy atom. The molecule has 0 bridgehead atoms. The molecule has 0 spiro atoms. The van der Waals surface area contributed by atoms with Crippen molar-refractivity contribution in [2.45, 2.75) is 19.6 Å². The summed E-state index contributed by atoms with van der Waals surface area (Å²) in [4.78, 5) is 2.15. The number of nitrogens with two attached hydrogens (primary N) is 1. The third-order valence-electron chi connectivity index (χ3n) is 3.07. The fourth-order valence-corrected chi connectivity index (χ4v) is 2.46. The quantitative estimate of drug-likeness (QED) is 0.902. The molecular weight excluding hydrogens is 319 g/mol. The number of rotatable bonds is 5. The van der Waals surface area contributed by atoms with Crippen molar-refractivity contribution in [2.75, 3.05) is 7.05 Å². The molecule has 4 heteroatoms. The molecule has 0 amide bonds. The minimum absolute atomic E-state index is 0.222. The minimum Gasteiger partial charge on any atom is -0.326 e. The largest absolute Gasteiger partial charge is 0.326 e. The lowest BCUT2D eigenvalue weighted by atomic mass is 10.1. The average molecular weight is 337 g/mol. The summed E-state index contributed by atoms with van der Waals surface area (Å²) in [5.74, 6) is -0.222. The van der Waals surface area contributed by atoms with Crippen LogP contribution in [0.2, 0.25) is 0 Å². The Balaban J connectivity index is 2.02. The highest BCUT2D eigenvalue weighted by Crippen LogP contribution is 2.14. The molecule has 0 aliphatic rings. The molecule has 2 aromatic rings. The lowest BCUT2D eigenvalue weighted by Gasteiger charge is -2.17. The highest BCUT2D eigenvalue weighted by molar-refractivity contribution is 9.10. The lowest BCUT2D eigenvalue weighted by molar-refractivity contribution is 0.318. The number of halogens is 2. The van der Waals surface area contributed by atoms with E-state index in [-0.39, 0.29) is 5.82 Å². The zero-order chi connectivity index (χ0) is 14.5. The Kier molecular flexibility index (Phi) is 5.29. The van der Waals surface area contributed by atoms with Crippen LogP contribution >= 0.6 is 15.9 Å². The van der Waals surface area contributed by atoms with Gasteiger partial charge in [0.25, 0.3) is 0 Å². The normalized spacial score (nSPS) is 11.1. The zero-order valence-corrected chi connectivity index (χ0v) is 13.0. The van der Waals surface area contributed by atoms with E-state index < -0.39 is 0 Å². The van der Waals surface area contributed by atoms with E-state index in [1.807, 2.05) is 25.2 Å². The van der Waals surface area contributed by atoms with Crippen LogP contribution in [-0.2, 0) is 19.6 Å². The van der Waals surface area contributed by atoms with Crippen LogP contribution in [0, 0.1) is 5.82 Å². The Labute approximate surface area is 127 Å².